The summed E-state index contributed by atoms with van der Waals surface area (Å²) in [6.07, 6.45) is 0.710. The summed E-state index contributed by atoms with van der Waals surface area (Å²) in [5, 5.41) is 2.76. The molecule has 2 rings (SSSR count). The molecule has 0 bridgehead atoms. The molecule has 6 nitrogen and oxygen atoms in total. The third kappa shape index (κ3) is 4.58. The second-order valence-corrected chi connectivity index (χ2v) is 7.70. The lowest BCUT2D eigenvalue weighted by Gasteiger charge is -2.20. The Morgan fingerprint density at radius 2 is 1.68 bits per heavy atom. The number of carbonyl (C=O) groups excluding carboxylic acids is 1. The van der Waals surface area contributed by atoms with Crippen molar-refractivity contribution in [3.63, 3.8) is 0 Å². The van der Waals surface area contributed by atoms with Gasteiger partial charge in [0.05, 0.1) is 10.6 Å². The summed E-state index contributed by atoms with van der Waals surface area (Å²) in [5.41, 5.74) is 7.34. The largest absolute Gasteiger partial charge is 0.352 e. The molecule has 0 atom stereocenters. The Labute approximate surface area is 148 Å². The molecule has 134 valence electrons. The Bertz CT molecular complexity index is 816. The maximum Gasteiger partial charge on any atom is 0.264 e. The number of nitrogens with one attached hydrogen (secondary N) is 1. The first kappa shape index (κ1) is 19.0. The number of aryl methyl sites for hydroxylation is 1. The second-order valence-electron chi connectivity index (χ2n) is 5.73. The van der Waals surface area contributed by atoms with E-state index in [1.165, 1.54) is 11.4 Å². The number of anilines is 1. The number of rotatable bonds is 7. The average molecular weight is 361 g/mol. The molecule has 0 heterocycles. The van der Waals surface area contributed by atoms with E-state index in [2.05, 4.69) is 5.32 Å². The van der Waals surface area contributed by atoms with Crippen molar-refractivity contribution < 1.29 is 13.2 Å². The van der Waals surface area contributed by atoms with Crippen LogP contribution in [-0.4, -0.2) is 34.5 Å². The van der Waals surface area contributed by atoms with Crippen molar-refractivity contribution >= 4 is 21.6 Å². The lowest BCUT2D eigenvalue weighted by atomic mass is 10.2. The van der Waals surface area contributed by atoms with Gasteiger partial charge in [-0.2, -0.15) is 0 Å². The first-order chi connectivity index (χ1) is 11.9. The standard InChI is InChI=1S/C18H23N3O3S/c1-14-4-10-17(11-5-14)25(23,24)21(2)16-8-6-15(7-9-16)18(22)20-13-3-12-19/h4-11H,3,12-13,19H2,1-2H3,(H,20,22). The van der Waals surface area contributed by atoms with Gasteiger partial charge in [-0.15, -0.1) is 0 Å². The van der Waals surface area contributed by atoms with Crippen molar-refractivity contribution in [3.05, 3.63) is 59.7 Å². The molecule has 0 spiro atoms. The molecule has 0 aliphatic carbocycles. The Kier molecular flexibility index (Phi) is 6.17. The van der Waals surface area contributed by atoms with Crippen LogP contribution in [0.5, 0.6) is 0 Å². The van der Waals surface area contributed by atoms with E-state index in [-0.39, 0.29) is 10.8 Å². The van der Waals surface area contributed by atoms with Gasteiger partial charge in [0, 0.05) is 19.2 Å². The van der Waals surface area contributed by atoms with E-state index in [4.69, 9.17) is 5.73 Å². The Morgan fingerprint density at radius 3 is 2.24 bits per heavy atom. The van der Waals surface area contributed by atoms with Crippen molar-refractivity contribution in [2.45, 2.75) is 18.2 Å². The van der Waals surface area contributed by atoms with Gasteiger partial charge in [0.25, 0.3) is 15.9 Å². The van der Waals surface area contributed by atoms with Crippen molar-refractivity contribution in [1.29, 1.82) is 0 Å². The molecule has 3 N–H and O–H groups in total. The van der Waals surface area contributed by atoms with E-state index in [1.807, 2.05) is 6.92 Å². The first-order valence-electron chi connectivity index (χ1n) is 8.00. The molecule has 0 aromatic heterocycles. The normalized spacial score (nSPS) is 11.2. The number of nitrogens with zero attached hydrogens (tertiary/aromatic N) is 1. The summed E-state index contributed by atoms with van der Waals surface area (Å²) in [6.45, 7) is 2.93. The van der Waals surface area contributed by atoms with Crippen LogP contribution in [0.1, 0.15) is 22.3 Å². The first-order valence-corrected chi connectivity index (χ1v) is 9.44. The fourth-order valence-corrected chi connectivity index (χ4v) is 3.43. The number of carbonyl (C=O) groups is 1. The maximum atomic E-state index is 12.7. The number of hydrogen-bond acceptors (Lipinski definition) is 4. The minimum atomic E-state index is -3.64. The van der Waals surface area contributed by atoms with Crippen LogP contribution < -0.4 is 15.4 Å². The smallest absolute Gasteiger partial charge is 0.264 e. The van der Waals surface area contributed by atoms with Gasteiger partial charge in [-0.25, -0.2) is 8.42 Å². The average Bonchev–Trinajstić information content (AvgIpc) is 2.61. The van der Waals surface area contributed by atoms with Crippen LogP contribution in [-0.2, 0) is 10.0 Å². The predicted octanol–water partition coefficient (Wildman–Crippen LogP) is 1.90. The SMILES string of the molecule is Cc1ccc(S(=O)(=O)N(C)c2ccc(C(=O)NCCCN)cc2)cc1. The van der Waals surface area contributed by atoms with Crippen molar-refractivity contribution in [2.24, 2.45) is 5.73 Å². The zero-order chi connectivity index (χ0) is 18.4. The monoisotopic (exact) mass is 361 g/mol. The topological polar surface area (TPSA) is 92.5 Å². The summed E-state index contributed by atoms with van der Waals surface area (Å²) in [7, 11) is -2.15. The van der Waals surface area contributed by atoms with E-state index in [0.717, 1.165) is 5.56 Å². The highest BCUT2D eigenvalue weighted by atomic mass is 32.2. The van der Waals surface area contributed by atoms with Crippen LogP contribution in [0.4, 0.5) is 5.69 Å². The lowest BCUT2D eigenvalue weighted by Crippen LogP contribution is -2.27. The summed E-state index contributed by atoms with van der Waals surface area (Å²) >= 11 is 0. The van der Waals surface area contributed by atoms with Gasteiger partial charge in [-0.05, 0) is 56.3 Å². The number of amides is 1. The summed E-state index contributed by atoms with van der Waals surface area (Å²) in [5.74, 6) is -0.205. The van der Waals surface area contributed by atoms with E-state index in [1.54, 1.807) is 48.5 Å². The van der Waals surface area contributed by atoms with Crippen LogP contribution in [0, 0.1) is 6.92 Å². The number of benzene rings is 2. The molecule has 0 aliphatic heterocycles. The minimum Gasteiger partial charge on any atom is -0.352 e. The zero-order valence-corrected chi connectivity index (χ0v) is 15.2. The second kappa shape index (κ2) is 8.13. The molecule has 0 radical (unpaired) electrons. The molecule has 1 amide bonds. The van der Waals surface area contributed by atoms with Crippen molar-refractivity contribution in [1.82, 2.24) is 5.32 Å². The molecule has 0 aliphatic rings. The summed E-state index contributed by atoms with van der Waals surface area (Å²) < 4.78 is 26.5. The van der Waals surface area contributed by atoms with Gasteiger partial charge >= 0.3 is 0 Å². The zero-order valence-electron chi connectivity index (χ0n) is 14.4. The van der Waals surface area contributed by atoms with E-state index in [0.29, 0.717) is 30.8 Å². The molecule has 0 unspecified atom stereocenters. The molecule has 0 saturated heterocycles. The quantitative estimate of drug-likeness (QED) is 0.737. The highest BCUT2D eigenvalue weighted by Gasteiger charge is 2.21. The Morgan fingerprint density at radius 1 is 1.08 bits per heavy atom. The molecule has 0 fully saturated rings. The van der Waals surface area contributed by atoms with E-state index >= 15 is 0 Å². The van der Waals surface area contributed by atoms with Crippen LogP contribution in [0.15, 0.2) is 53.4 Å². The fourth-order valence-electron chi connectivity index (χ4n) is 2.24. The fraction of sp³-hybridized carbons (Fsp3) is 0.278. The summed E-state index contributed by atoms with van der Waals surface area (Å²) in [6, 6.07) is 13.1. The third-order valence-corrected chi connectivity index (χ3v) is 5.64. The number of hydrogen-bond donors (Lipinski definition) is 2. The molecular formula is C18H23N3O3S. The Hall–Kier alpha value is -2.38. The molecule has 25 heavy (non-hydrogen) atoms. The van der Waals surface area contributed by atoms with E-state index in [9.17, 15) is 13.2 Å². The number of nitrogens with two attached hydrogens (primary N) is 1. The molecule has 0 saturated carbocycles. The Balaban J connectivity index is 2.15. The van der Waals surface area contributed by atoms with Gasteiger partial charge < -0.3 is 11.1 Å². The maximum absolute atomic E-state index is 12.7. The molecular weight excluding hydrogens is 338 g/mol. The van der Waals surface area contributed by atoms with Gasteiger partial charge in [0.15, 0.2) is 0 Å². The highest BCUT2D eigenvalue weighted by Crippen LogP contribution is 2.22. The minimum absolute atomic E-state index is 0.205. The van der Waals surface area contributed by atoms with Gasteiger partial charge in [0.2, 0.25) is 0 Å². The van der Waals surface area contributed by atoms with Gasteiger partial charge in [-0.1, -0.05) is 17.7 Å². The van der Waals surface area contributed by atoms with Crippen LogP contribution in [0.2, 0.25) is 0 Å². The molecule has 7 heteroatoms. The van der Waals surface area contributed by atoms with Gasteiger partial charge in [0.1, 0.15) is 0 Å². The van der Waals surface area contributed by atoms with Crippen LogP contribution in [0.3, 0.4) is 0 Å². The van der Waals surface area contributed by atoms with Crippen LogP contribution in [0.25, 0.3) is 0 Å². The van der Waals surface area contributed by atoms with Crippen LogP contribution >= 0.6 is 0 Å². The third-order valence-electron chi connectivity index (χ3n) is 3.84. The number of sulfonamides is 1. The van der Waals surface area contributed by atoms with E-state index < -0.39 is 10.0 Å². The molecule has 2 aromatic rings. The summed E-state index contributed by atoms with van der Waals surface area (Å²) in [4.78, 5) is 12.2. The van der Waals surface area contributed by atoms with Crippen molar-refractivity contribution in [3.8, 4) is 0 Å². The van der Waals surface area contributed by atoms with Crippen molar-refractivity contribution in [2.75, 3.05) is 24.4 Å². The highest BCUT2D eigenvalue weighted by molar-refractivity contribution is 7.92. The van der Waals surface area contributed by atoms with Gasteiger partial charge in [-0.3, -0.25) is 9.10 Å². The molecule has 2 aromatic carbocycles. The predicted molar refractivity (Wildman–Crippen MR) is 99.2 cm³/mol. The lowest BCUT2D eigenvalue weighted by molar-refractivity contribution is 0.0953.